The summed E-state index contributed by atoms with van der Waals surface area (Å²) in [4.78, 5) is 15.7. The van der Waals surface area contributed by atoms with Gasteiger partial charge in [0.2, 0.25) is 0 Å². The summed E-state index contributed by atoms with van der Waals surface area (Å²) < 4.78 is 3.76. The molecule has 0 aliphatic carbocycles. The molecule has 19 heavy (non-hydrogen) atoms. The molecule has 0 bridgehead atoms. The molecule has 1 aromatic rings. The van der Waals surface area contributed by atoms with Crippen LogP contribution >= 0.6 is 23.2 Å². The van der Waals surface area contributed by atoms with Crippen LogP contribution in [0.5, 0.6) is 0 Å². The normalized spacial score (nSPS) is 17.7. The van der Waals surface area contributed by atoms with Crippen LogP contribution in [0.15, 0.2) is 47.6 Å². The van der Waals surface area contributed by atoms with Gasteiger partial charge in [0.05, 0.1) is 0 Å². The number of hydrogen-bond acceptors (Lipinski definition) is 2. The molecule has 2 rings (SSSR count). The van der Waals surface area contributed by atoms with Crippen LogP contribution in [0, 0.1) is 0 Å². The molecular formula is C12H9Cl2IN3O-. The molecule has 1 heterocycles. The molecule has 100 valence electrons. The molecule has 3 N–H and O–H groups in total. The Morgan fingerprint density at radius 1 is 1.26 bits per heavy atom. The van der Waals surface area contributed by atoms with Crippen molar-refractivity contribution < 1.29 is 26.0 Å². The van der Waals surface area contributed by atoms with E-state index in [0.29, 0.717) is 27.3 Å². The number of para-hydroxylation sites is 1. The molecule has 4 nitrogen and oxygen atoms in total. The van der Waals surface area contributed by atoms with E-state index < -0.39 is 5.91 Å². The topological polar surface area (TPSA) is 67.5 Å². The minimum atomic E-state index is -0.539. The summed E-state index contributed by atoms with van der Waals surface area (Å²) in [5, 5.41) is 3.86. The third-order valence-corrected chi connectivity index (χ3v) is 5.38. The van der Waals surface area contributed by atoms with Crippen molar-refractivity contribution >= 4 is 40.6 Å². The number of amidine groups is 1. The van der Waals surface area contributed by atoms with E-state index in [2.05, 4.69) is 10.3 Å². The van der Waals surface area contributed by atoms with Crippen molar-refractivity contribution in [2.45, 2.75) is 0 Å². The van der Waals surface area contributed by atoms with E-state index in [9.17, 15) is 4.79 Å². The van der Waals surface area contributed by atoms with Crippen LogP contribution in [0.2, 0.25) is 0 Å². The zero-order valence-electron chi connectivity index (χ0n) is 9.53. The Balaban J connectivity index is 2.45. The first-order chi connectivity index (χ1) is 9.08. The van der Waals surface area contributed by atoms with Crippen LogP contribution in [-0.2, 0) is 0 Å². The minimum absolute atomic E-state index is 0.334. The van der Waals surface area contributed by atoms with Crippen molar-refractivity contribution in [2.75, 3.05) is 0 Å². The van der Waals surface area contributed by atoms with Crippen molar-refractivity contribution in [3.8, 4) is 0 Å². The van der Waals surface area contributed by atoms with E-state index in [0.717, 1.165) is 0 Å². The van der Waals surface area contributed by atoms with Gasteiger partial charge in [0.25, 0.3) is 0 Å². The Labute approximate surface area is 130 Å². The molecule has 0 saturated heterocycles. The fraction of sp³-hybridized carbons (Fsp3) is 0. The van der Waals surface area contributed by atoms with Crippen LogP contribution in [0.25, 0.3) is 0 Å². The molecule has 0 aromatic heterocycles. The first-order valence-corrected chi connectivity index (χ1v) is 8.41. The number of carbonyl (C=O) groups excluding carboxylic acids is 1. The zero-order valence-corrected chi connectivity index (χ0v) is 13.2. The Bertz CT molecular complexity index is 611. The summed E-state index contributed by atoms with van der Waals surface area (Å²) in [7, 11) is 0. The number of carbonyl (C=O) groups is 1. The van der Waals surface area contributed by atoms with E-state index in [1.807, 2.05) is 8.17 Å². The fourth-order valence-electron chi connectivity index (χ4n) is 1.38. The Hall–Kier alpha value is -1.05. The maximum absolute atomic E-state index is 11.3. The molecule has 1 amide bonds. The molecule has 7 heteroatoms. The Kier molecular flexibility index (Phi) is 4.84. The quantitative estimate of drug-likeness (QED) is 0.517. The van der Waals surface area contributed by atoms with Crippen LogP contribution in [0.4, 0.5) is 5.69 Å². The van der Waals surface area contributed by atoms with Crippen molar-refractivity contribution in [1.29, 1.82) is 0 Å². The molecule has 0 fully saturated rings. The standard InChI is InChI=1S/C12H9Cl2IN3O/c13-8-5-15-6-10(14)18-12(8)17-9-4-2-1-3-7(9)11(16)19/h1-6H,(H2,16,19)(H,17,18)/q-1. The van der Waals surface area contributed by atoms with Gasteiger partial charge in [-0.05, 0) is 0 Å². The molecule has 1 aliphatic rings. The van der Waals surface area contributed by atoms with Crippen LogP contribution in [0.1, 0.15) is 10.4 Å². The number of primary amides is 1. The van der Waals surface area contributed by atoms with E-state index >= 15 is 0 Å². The first-order valence-electron chi connectivity index (χ1n) is 5.16. The SMILES string of the molecule is NC(=O)c1ccccc1N=C1NC(Cl)=C[I-]C=C1Cl. The number of nitrogens with zero attached hydrogens (tertiary/aromatic N) is 1. The molecule has 0 spiro atoms. The van der Waals surface area contributed by atoms with Crippen molar-refractivity contribution in [2.24, 2.45) is 10.7 Å². The summed E-state index contributed by atoms with van der Waals surface area (Å²) in [5.41, 5.74) is 6.09. The second kappa shape index (κ2) is 6.40. The third-order valence-electron chi connectivity index (χ3n) is 2.18. The molecule has 1 aliphatic heterocycles. The van der Waals surface area contributed by atoms with Gasteiger partial charge in [-0.3, -0.25) is 0 Å². The van der Waals surface area contributed by atoms with Crippen molar-refractivity contribution in [3.63, 3.8) is 0 Å². The summed E-state index contributed by atoms with van der Waals surface area (Å²) in [6, 6.07) is 6.79. The summed E-state index contributed by atoms with van der Waals surface area (Å²) in [5.74, 6) is -0.128. The molecule has 0 unspecified atom stereocenters. The second-order valence-corrected chi connectivity index (χ2v) is 6.29. The number of rotatable bonds is 2. The molecule has 1 aromatic carbocycles. The van der Waals surface area contributed by atoms with Gasteiger partial charge < -0.3 is 0 Å². The van der Waals surface area contributed by atoms with Gasteiger partial charge in [0.1, 0.15) is 0 Å². The molecule has 0 radical (unpaired) electrons. The number of halogens is 3. The average molecular weight is 409 g/mol. The Morgan fingerprint density at radius 2 is 2.00 bits per heavy atom. The van der Waals surface area contributed by atoms with Gasteiger partial charge in [-0.2, -0.15) is 0 Å². The molecule has 0 atom stereocenters. The second-order valence-electron chi connectivity index (χ2n) is 3.51. The van der Waals surface area contributed by atoms with Gasteiger partial charge in [-0.25, -0.2) is 0 Å². The first kappa shape index (κ1) is 14.4. The van der Waals surface area contributed by atoms with Gasteiger partial charge in [0.15, 0.2) is 0 Å². The van der Waals surface area contributed by atoms with Gasteiger partial charge >= 0.3 is 131 Å². The van der Waals surface area contributed by atoms with E-state index in [1.165, 1.54) is 0 Å². The average Bonchev–Trinajstić information content (AvgIpc) is 2.52. The summed E-state index contributed by atoms with van der Waals surface area (Å²) in [6.45, 7) is 0. The number of amides is 1. The number of hydrogen-bond donors (Lipinski definition) is 2. The van der Waals surface area contributed by atoms with Crippen molar-refractivity contribution in [1.82, 2.24) is 5.32 Å². The maximum atomic E-state index is 11.3. The van der Waals surface area contributed by atoms with Gasteiger partial charge in [0, 0.05) is 0 Å². The fourth-order valence-corrected chi connectivity index (χ4v) is 3.45. The van der Waals surface area contributed by atoms with Crippen LogP contribution in [0.3, 0.4) is 0 Å². The van der Waals surface area contributed by atoms with Gasteiger partial charge in [-0.15, -0.1) is 0 Å². The van der Waals surface area contributed by atoms with E-state index in [4.69, 9.17) is 28.9 Å². The molecular weight excluding hydrogens is 400 g/mol. The molecule has 0 saturated carbocycles. The number of benzene rings is 1. The third kappa shape index (κ3) is 3.71. The predicted octanol–water partition coefficient (Wildman–Crippen LogP) is -0.374. The number of aliphatic imine (C=N–C) groups is 1. The predicted molar refractivity (Wildman–Crippen MR) is 73.1 cm³/mol. The van der Waals surface area contributed by atoms with Crippen molar-refractivity contribution in [3.05, 3.63) is 48.2 Å². The monoisotopic (exact) mass is 408 g/mol. The Morgan fingerprint density at radius 3 is 2.74 bits per heavy atom. The zero-order chi connectivity index (χ0) is 13.8. The van der Waals surface area contributed by atoms with E-state index in [-0.39, 0.29) is 21.2 Å². The summed E-state index contributed by atoms with van der Waals surface area (Å²) in [6.07, 6.45) is 0. The van der Waals surface area contributed by atoms with Crippen LogP contribution < -0.4 is 32.3 Å². The number of nitrogens with two attached hydrogens (primary N) is 1. The van der Waals surface area contributed by atoms with Crippen LogP contribution in [-0.4, -0.2) is 11.7 Å². The summed E-state index contributed by atoms with van der Waals surface area (Å²) >= 11 is 11.7. The number of nitrogens with one attached hydrogen (secondary N) is 1. The van der Waals surface area contributed by atoms with E-state index in [1.54, 1.807) is 24.3 Å². The van der Waals surface area contributed by atoms with Gasteiger partial charge in [-0.1, -0.05) is 0 Å².